The Balaban J connectivity index is 2.56. The topological polar surface area (TPSA) is 63.7 Å². The van der Waals surface area contributed by atoms with Crippen molar-refractivity contribution in [1.82, 2.24) is 5.06 Å². The number of hydrogen-bond acceptors (Lipinski definition) is 5. The normalized spacial score (nSPS) is 16.9. The standard InChI is InChI=1S/C5H4FNO4S/c6-12-5(10)11-7-3(8)1-2-4(7)9/h1-2H2. The fourth-order valence-electron chi connectivity index (χ4n) is 0.746. The maximum absolute atomic E-state index is 11.5. The molecule has 1 rings (SSSR count). The Bertz CT molecular complexity index is 228. The maximum Gasteiger partial charge on any atom is 0.424 e. The van der Waals surface area contributed by atoms with Gasteiger partial charge in [0.1, 0.15) is 0 Å². The van der Waals surface area contributed by atoms with Gasteiger partial charge < -0.3 is 4.84 Å². The number of rotatable bonds is 1. The molecular weight excluding hydrogens is 189 g/mol. The van der Waals surface area contributed by atoms with Crippen LogP contribution in [-0.4, -0.2) is 22.2 Å². The van der Waals surface area contributed by atoms with Gasteiger partial charge in [-0.15, -0.1) is 5.06 Å². The fraction of sp³-hybridized carbons (Fsp3) is 0.400. The number of halogens is 1. The van der Waals surface area contributed by atoms with Gasteiger partial charge in [-0.1, -0.05) is 0 Å². The van der Waals surface area contributed by atoms with E-state index in [4.69, 9.17) is 0 Å². The lowest BCUT2D eigenvalue weighted by atomic mass is 10.4. The zero-order chi connectivity index (χ0) is 9.14. The number of nitrogens with zero attached hydrogens (tertiary/aromatic N) is 1. The van der Waals surface area contributed by atoms with Gasteiger partial charge in [0.2, 0.25) is 0 Å². The molecule has 1 aliphatic heterocycles. The van der Waals surface area contributed by atoms with E-state index in [1.165, 1.54) is 0 Å². The van der Waals surface area contributed by atoms with Crippen LogP contribution in [0.15, 0.2) is 0 Å². The first-order chi connectivity index (χ1) is 5.65. The van der Waals surface area contributed by atoms with Crippen LogP contribution in [0.25, 0.3) is 0 Å². The average molecular weight is 193 g/mol. The first kappa shape index (κ1) is 8.98. The molecule has 5 nitrogen and oxygen atoms in total. The van der Waals surface area contributed by atoms with Crippen LogP contribution in [0.1, 0.15) is 12.8 Å². The summed E-state index contributed by atoms with van der Waals surface area (Å²) in [6, 6.07) is 0. The Hall–Kier alpha value is -1.11. The van der Waals surface area contributed by atoms with Crippen molar-refractivity contribution >= 4 is 29.3 Å². The number of hydrogen-bond donors (Lipinski definition) is 0. The van der Waals surface area contributed by atoms with Crippen molar-refractivity contribution in [3.8, 4) is 0 Å². The molecule has 1 saturated heterocycles. The van der Waals surface area contributed by atoms with E-state index >= 15 is 0 Å². The lowest BCUT2D eigenvalue weighted by molar-refractivity contribution is -0.169. The Morgan fingerprint density at radius 3 is 2.33 bits per heavy atom. The molecule has 7 heteroatoms. The largest absolute Gasteiger partial charge is 0.424 e. The van der Waals surface area contributed by atoms with Crippen molar-refractivity contribution in [2.45, 2.75) is 12.8 Å². The summed E-state index contributed by atoms with van der Waals surface area (Å²) in [5.41, 5.74) is 0. The lowest BCUT2D eigenvalue weighted by Crippen LogP contribution is -2.30. The highest BCUT2D eigenvalue weighted by Crippen LogP contribution is 2.15. The van der Waals surface area contributed by atoms with E-state index in [0.29, 0.717) is 0 Å². The zero-order valence-corrected chi connectivity index (χ0v) is 6.60. The number of amides is 2. The summed E-state index contributed by atoms with van der Waals surface area (Å²) >= 11 is -0.692. The molecule has 0 bridgehead atoms. The van der Waals surface area contributed by atoms with Gasteiger partial charge >= 0.3 is 5.30 Å². The van der Waals surface area contributed by atoms with Crippen molar-refractivity contribution in [2.75, 3.05) is 0 Å². The molecule has 0 N–H and O–H groups in total. The second-order valence-corrected chi connectivity index (χ2v) is 2.49. The highest BCUT2D eigenvalue weighted by atomic mass is 32.2. The summed E-state index contributed by atoms with van der Waals surface area (Å²) in [5, 5.41) is -1.03. The molecule has 66 valence electrons. The van der Waals surface area contributed by atoms with E-state index in [2.05, 4.69) is 4.84 Å². The number of carbonyl (C=O) groups excluding carboxylic acids is 3. The van der Waals surface area contributed by atoms with Gasteiger partial charge in [0.25, 0.3) is 11.8 Å². The van der Waals surface area contributed by atoms with Gasteiger partial charge in [0.15, 0.2) is 12.1 Å². The zero-order valence-electron chi connectivity index (χ0n) is 5.78. The molecule has 0 aliphatic carbocycles. The molecule has 0 spiro atoms. The summed E-state index contributed by atoms with van der Waals surface area (Å²) in [6.07, 6.45) is 0.00608. The van der Waals surface area contributed by atoms with Crippen molar-refractivity contribution in [2.24, 2.45) is 0 Å². The Morgan fingerprint density at radius 1 is 1.42 bits per heavy atom. The quantitative estimate of drug-likeness (QED) is 0.576. The van der Waals surface area contributed by atoms with E-state index in [0.717, 1.165) is 0 Å². The summed E-state index contributed by atoms with van der Waals surface area (Å²) in [5.74, 6) is -1.25. The predicted octanol–water partition coefficient (Wildman–Crippen LogP) is 0.805. The molecule has 2 amide bonds. The average Bonchev–Trinajstić information content (AvgIpc) is 2.35. The Labute approximate surface area is 71.1 Å². The molecule has 1 fully saturated rings. The second-order valence-electron chi connectivity index (χ2n) is 2.00. The highest BCUT2D eigenvalue weighted by Gasteiger charge is 2.33. The second kappa shape index (κ2) is 3.53. The first-order valence-corrected chi connectivity index (χ1v) is 3.73. The molecule has 0 radical (unpaired) electrons. The fourth-order valence-corrected chi connectivity index (χ4v) is 0.849. The predicted molar refractivity (Wildman–Crippen MR) is 36.3 cm³/mol. The van der Waals surface area contributed by atoms with Crippen LogP contribution in [0.2, 0.25) is 0 Å². The SMILES string of the molecule is O=C(ON1C(=O)CCC1=O)SF. The molecule has 0 atom stereocenters. The van der Waals surface area contributed by atoms with Crippen LogP contribution >= 0.6 is 12.1 Å². The Morgan fingerprint density at radius 2 is 1.92 bits per heavy atom. The van der Waals surface area contributed by atoms with Crippen LogP contribution in [-0.2, 0) is 14.4 Å². The smallest absolute Gasteiger partial charge is 0.317 e. The summed E-state index contributed by atoms with van der Waals surface area (Å²) < 4.78 is 11.5. The maximum atomic E-state index is 11.5. The molecular formula is C5H4FNO4S. The summed E-state index contributed by atoms with van der Waals surface area (Å²) in [4.78, 5) is 35.8. The molecule has 1 aliphatic rings. The third-order valence-electron chi connectivity index (χ3n) is 1.23. The molecule has 0 saturated carbocycles. The van der Waals surface area contributed by atoms with Gasteiger partial charge in [0, 0.05) is 12.8 Å². The lowest BCUT2D eigenvalue weighted by Gasteiger charge is -2.09. The molecule has 0 aromatic carbocycles. The van der Waals surface area contributed by atoms with Crippen LogP contribution < -0.4 is 0 Å². The van der Waals surface area contributed by atoms with Gasteiger partial charge in [-0.2, -0.15) is 3.89 Å². The number of imide groups is 1. The van der Waals surface area contributed by atoms with E-state index < -0.39 is 29.3 Å². The van der Waals surface area contributed by atoms with Crippen molar-refractivity contribution in [1.29, 1.82) is 0 Å². The van der Waals surface area contributed by atoms with Crippen molar-refractivity contribution in [3.05, 3.63) is 0 Å². The van der Waals surface area contributed by atoms with Crippen molar-refractivity contribution in [3.63, 3.8) is 0 Å². The molecule has 0 aromatic rings. The van der Waals surface area contributed by atoms with Gasteiger partial charge in [0.05, 0.1) is 0 Å². The van der Waals surface area contributed by atoms with E-state index in [-0.39, 0.29) is 17.9 Å². The minimum absolute atomic E-state index is 0.00304. The molecule has 12 heavy (non-hydrogen) atoms. The number of carbonyl (C=O) groups is 3. The molecule has 0 aromatic heterocycles. The third kappa shape index (κ3) is 1.73. The van der Waals surface area contributed by atoms with Crippen LogP contribution in [0.5, 0.6) is 0 Å². The van der Waals surface area contributed by atoms with Crippen LogP contribution in [0.4, 0.5) is 8.68 Å². The van der Waals surface area contributed by atoms with Crippen LogP contribution in [0.3, 0.4) is 0 Å². The van der Waals surface area contributed by atoms with Crippen LogP contribution in [0, 0.1) is 0 Å². The van der Waals surface area contributed by atoms with Gasteiger partial charge in [-0.05, 0) is 0 Å². The Kier molecular flexibility index (Phi) is 2.64. The minimum Gasteiger partial charge on any atom is -0.317 e. The van der Waals surface area contributed by atoms with Gasteiger partial charge in [-0.3, -0.25) is 9.59 Å². The molecule has 0 unspecified atom stereocenters. The third-order valence-corrected chi connectivity index (χ3v) is 1.44. The summed E-state index contributed by atoms with van der Waals surface area (Å²) in [7, 11) is 0. The van der Waals surface area contributed by atoms with Crippen molar-refractivity contribution < 1.29 is 23.1 Å². The minimum atomic E-state index is -1.32. The van der Waals surface area contributed by atoms with Gasteiger partial charge in [-0.25, -0.2) is 4.79 Å². The summed E-state index contributed by atoms with van der Waals surface area (Å²) in [6.45, 7) is 0. The van der Waals surface area contributed by atoms with E-state index in [1.54, 1.807) is 0 Å². The van der Waals surface area contributed by atoms with E-state index in [1.807, 2.05) is 0 Å². The highest BCUT2D eigenvalue weighted by molar-refractivity contribution is 8.08. The number of hydroxylamine groups is 2. The monoisotopic (exact) mass is 193 g/mol. The van der Waals surface area contributed by atoms with E-state index in [9.17, 15) is 18.3 Å². The first-order valence-electron chi connectivity index (χ1n) is 3.01. The molecule has 1 heterocycles.